The van der Waals surface area contributed by atoms with E-state index in [-0.39, 0.29) is 23.7 Å². The molecule has 158 valence electrons. The number of halogens is 1. The molecule has 0 saturated carbocycles. The number of ether oxygens (including phenoxy) is 1. The maximum Gasteiger partial charge on any atom is 0.229 e. The molecule has 1 heterocycles. The summed E-state index contributed by atoms with van der Waals surface area (Å²) in [4.78, 5) is 0. The Hall–Kier alpha value is 0.210. The average Bonchev–Trinajstić information content (AvgIpc) is 3.21. The summed E-state index contributed by atoms with van der Waals surface area (Å²) in [7, 11) is 0. The Labute approximate surface area is 170 Å². The maximum absolute atomic E-state index is 6.23. The van der Waals surface area contributed by atoms with Crippen molar-refractivity contribution in [1.82, 2.24) is 0 Å². The zero-order chi connectivity index (χ0) is 18.4. The monoisotopic (exact) mass is 389 g/mol. The third kappa shape index (κ3) is 9.42. The summed E-state index contributed by atoms with van der Waals surface area (Å²) in [6, 6.07) is 0. The van der Waals surface area contributed by atoms with Gasteiger partial charge in [0.15, 0.2) is 5.60 Å². The normalized spacial score (nSPS) is 24.5. The molecule has 2 nitrogen and oxygen atoms in total. The zero-order valence-electron chi connectivity index (χ0n) is 18.2. The molecule has 0 radical (unpaired) electrons. The van der Waals surface area contributed by atoms with Crippen LogP contribution in [0.15, 0.2) is 0 Å². The van der Waals surface area contributed by atoms with Crippen LogP contribution in [0.2, 0.25) is 0 Å². The molecule has 1 fully saturated rings. The lowest BCUT2D eigenvalue weighted by Crippen LogP contribution is -3.00. The summed E-state index contributed by atoms with van der Waals surface area (Å²) < 4.78 is 6.23. The van der Waals surface area contributed by atoms with E-state index < -0.39 is 0 Å². The molecule has 3 N–H and O–H groups in total. The van der Waals surface area contributed by atoms with Crippen molar-refractivity contribution in [2.24, 2.45) is 0 Å². The fraction of sp³-hybridized carbons (Fsp3) is 1.00. The van der Waals surface area contributed by atoms with E-state index in [0.29, 0.717) is 0 Å². The number of unbranched alkanes of at least 4 members (excludes halogenated alkanes) is 13. The molecule has 0 aliphatic carbocycles. The first-order chi connectivity index (χ1) is 12.1. The van der Waals surface area contributed by atoms with Crippen molar-refractivity contribution in [2.75, 3.05) is 0 Å². The van der Waals surface area contributed by atoms with Gasteiger partial charge in [0.05, 0.1) is 0 Å². The Morgan fingerprint density at radius 1 is 0.577 bits per heavy atom. The van der Waals surface area contributed by atoms with Gasteiger partial charge >= 0.3 is 0 Å². The fourth-order valence-corrected chi connectivity index (χ4v) is 4.39. The first-order valence-electron chi connectivity index (χ1n) is 11.7. The second kappa shape index (κ2) is 15.2. The standard InChI is InChI=1S/C23H47NO.ClH/c1-4-7-9-11-13-15-16-18-20-22(6-3)23(24,25-22)21-19-17-14-12-10-8-5-2;/h4-21,24H2,1-3H3;1H. The van der Waals surface area contributed by atoms with Gasteiger partial charge in [-0.25, -0.2) is 0 Å². The van der Waals surface area contributed by atoms with E-state index in [9.17, 15) is 0 Å². The van der Waals surface area contributed by atoms with Crippen LogP contribution in [0.3, 0.4) is 0 Å². The average molecular weight is 390 g/mol. The highest BCUT2D eigenvalue weighted by Gasteiger charge is 2.69. The van der Waals surface area contributed by atoms with E-state index in [1.165, 1.54) is 109 Å². The molecule has 1 rings (SSSR count). The van der Waals surface area contributed by atoms with Crippen LogP contribution in [0.5, 0.6) is 0 Å². The minimum Gasteiger partial charge on any atom is -1.00 e. The van der Waals surface area contributed by atoms with Gasteiger partial charge in [0.2, 0.25) is 5.72 Å². The molecule has 0 bridgehead atoms. The van der Waals surface area contributed by atoms with Crippen LogP contribution in [0.4, 0.5) is 0 Å². The lowest BCUT2D eigenvalue weighted by atomic mass is 9.88. The third-order valence-electron chi connectivity index (χ3n) is 6.37. The van der Waals surface area contributed by atoms with Gasteiger partial charge in [-0.15, -0.1) is 0 Å². The molecule has 1 aliphatic rings. The van der Waals surface area contributed by atoms with E-state index in [0.717, 1.165) is 6.42 Å². The van der Waals surface area contributed by atoms with Crippen molar-refractivity contribution >= 4 is 0 Å². The van der Waals surface area contributed by atoms with Crippen molar-refractivity contribution in [3.63, 3.8) is 0 Å². The maximum atomic E-state index is 6.23. The van der Waals surface area contributed by atoms with Crippen LogP contribution < -0.4 is 18.1 Å². The molecule has 1 aliphatic heterocycles. The minimum absolute atomic E-state index is 0. The Kier molecular flexibility index (Phi) is 15.3. The minimum atomic E-state index is -0.0493. The van der Waals surface area contributed by atoms with Crippen molar-refractivity contribution in [3.05, 3.63) is 0 Å². The third-order valence-corrected chi connectivity index (χ3v) is 6.37. The van der Waals surface area contributed by atoms with Crippen molar-refractivity contribution < 1.29 is 22.9 Å². The fourth-order valence-electron chi connectivity index (χ4n) is 4.39. The topological polar surface area (TPSA) is 40.2 Å². The number of rotatable bonds is 18. The van der Waals surface area contributed by atoms with E-state index >= 15 is 0 Å². The summed E-state index contributed by atoms with van der Waals surface area (Å²) in [5.74, 6) is 0. The number of epoxide rings is 1. The van der Waals surface area contributed by atoms with Crippen molar-refractivity contribution in [2.45, 2.75) is 148 Å². The predicted molar refractivity (Wildman–Crippen MR) is 110 cm³/mol. The lowest BCUT2D eigenvalue weighted by molar-refractivity contribution is -0.474. The summed E-state index contributed by atoms with van der Waals surface area (Å²) in [5.41, 5.74) is 4.55. The van der Waals surface area contributed by atoms with Gasteiger partial charge in [-0.2, -0.15) is 0 Å². The molecule has 2 unspecified atom stereocenters. The SMILES string of the molecule is CCCCCCCCCCC1(CC)OC1([NH3+])CCCCCCCCC.[Cl-]. The van der Waals surface area contributed by atoms with Crippen LogP contribution in [0.1, 0.15) is 136 Å². The predicted octanol–water partition coefficient (Wildman–Crippen LogP) is 3.78. The van der Waals surface area contributed by atoms with Gasteiger partial charge in [0.25, 0.3) is 0 Å². The molecule has 0 aromatic carbocycles. The Morgan fingerprint density at radius 2 is 0.962 bits per heavy atom. The van der Waals surface area contributed by atoms with Crippen LogP contribution in [-0.4, -0.2) is 11.3 Å². The molecule has 0 aromatic heterocycles. The Morgan fingerprint density at radius 3 is 1.38 bits per heavy atom. The highest BCUT2D eigenvalue weighted by Crippen LogP contribution is 2.51. The van der Waals surface area contributed by atoms with Crippen LogP contribution in [0.25, 0.3) is 0 Å². The number of hydrogen-bond donors (Lipinski definition) is 1. The zero-order valence-corrected chi connectivity index (χ0v) is 19.0. The van der Waals surface area contributed by atoms with Crippen LogP contribution in [0, 0.1) is 0 Å². The summed E-state index contributed by atoms with van der Waals surface area (Å²) in [6.45, 7) is 6.87. The van der Waals surface area contributed by atoms with Crippen LogP contribution >= 0.6 is 0 Å². The quantitative estimate of drug-likeness (QED) is 0.281. The number of quaternary nitrogens is 1. The van der Waals surface area contributed by atoms with Gasteiger partial charge in [-0.05, 0) is 19.3 Å². The van der Waals surface area contributed by atoms with Gasteiger partial charge < -0.3 is 22.9 Å². The first-order valence-corrected chi connectivity index (χ1v) is 11.7. The molecule has 0 aromatic rings. The summed E-state index contributed by atoms with van der Waals surface area (Å²) in [6.07, 6.45) is 24.3. The van der Waals surface area contributed by atoms with E-state index in [1.54, 1.807) is 0 Å². The summed E-state index contributed by atoms with van der Waals surface area (Å²) in [5, 5.41) is 0. The number of hydrogen-bond acceptors (Lipinski definition) is 1. The summed E-state index contributed by atoms with van der Waals surface area (Å²) >= 11 is 0. The smallest absolute Gasteiger partial charge is 0.229 e. The Bertz CT molecular complexity index is 325. The molecule has 26 heavy (non-hydrogen) atoms. The molecule has 0 spiro atoms. The molecular weight excluding hydrogens is 342 g/mol. The molecular formula is C23H48ClNO. The van der Waals surface area contributed by atoms with Gasteiger partial charge in [-0.1, -0.05) is 111 Å². The van der Waals surface area contributed by atoms with E-state index in [2.05, 4.69) is 26.5 Å². The van der Waals surface area contributed by atoms with Crippen molar-refractivity contribution in [1.29, 1.82) is 0 Å². The molecule has 2 atom stereocenters. The first kappa shape index (κ1) is 26.2. The van der Waals surface area contributed by atoms with Gasteiger partial charge in [0.1, 0.15) is 0 Å². The molecule has 3 heteroatoms. The largest absolute Gasteiger partial charge is 1.00 e. The highest BCUT2D eigenvalue weighted by molar-refractivity contribution is 5.06. The van der Waals surface area contributed by atoms with Gasteiger partial charge in [0, 0.05) is 6.42 Å². The van der Waals surface area contributed by atoms with E-state index in [4.69, 9.17) is 4.74 Å². The lowest BCUT2D eigenvalue weighted by Gasteiger charge is -2.13. The molecule has 1 saturated heterocycles. The molecule has 0 amide bonds. The second-order valence-electron chi connectivity index (χ2n) is 8.54. The second-order valence-corrected chi connectivity index (χ2v) is 8.54. The van der Waals surface area contributed by atoms with Gasteiger partial charge in [-0.3, -0.25) is 0 Å². The highest BCUT2D eigenvalue weighted by atomic mass is 35.5. The van der Waals surface area contributed by atoms with Crippen molar-refractivity contribution in [3.8, 4) is 0 Å². The Balaban J connectivity index is 0.00000625. The van der Waals surface area contributed by atoms with E-state index in [1.807, 2.05) is 0 Å². The van der Waals surface area contributed by atoms with Crippen LogP contribution in [-0.2, 0) is 4.74 Å².